The van der Waals surface area contributed by atoms with E-state index in [1.165, 1.54) is 11.8 Å². The largest absolute Gasteiger partial charge is 0.480 e. The van der Waals surface area contributed by atoms with E-state index in [-0.39, 0.29) is 17.3 Å². The molecule has 2 rings (SSSR count). The number of hydrogen-bond donors (Lipinski definition) is 3. The molecule has 0 amide bonds. The fourth-order valence-electron chi connectivity index (χ4n) is 2.18. The van der Waals surface area contributed by atoms with Crippen LogP contribution in [0.25, 0.3) is 0 Å². The van der Waals surface area contributed by atoms with Crippen molar-refractivity contribution in [3.05, 3.63) is 0 Å². The highest BCUT2D eigenvalue weighted by atomic mass is 32.2. The second-order valence-corrected chi connectivity index (χ2v) is 6.01. The van der Waals surface area contributed by atoms with Gasteiger partial charge in [0.05, 0.1) is 6.04 Å². The van der Waals surface area contributed by atoms with Crippen molar-refractivity contribution in [3.8, 4) is 0 Å². The molecule has 4 N–H and O–H groups in total. The number of carboxylic acid groups (broad SMARTS) is 1. The van der Waals surface area contributed by atoms with Crippen LogP contribution in [-0.2, 0) is 4.79 Å². The van der Waals surface area contributed by atoms with Crippen molar-refractivity contribution in [2.24, 2.45) is 10.9 Å². The molecule has 0 spiro atoms. The van der Waals surface area contributed by atoms with Gasteiger partial charge in [-0.15, -0.1) is 11.8 Å². The quantitative estimate of drug-likeness (QED) is 0.424. The molecule has 2 heterocycles. The first-order valence-electron chi connectivity index (χ1n) is 4.56. The van der Waals surface area contributed by atoms with Crippen LogP contribution in [0.5, 0.6) is 0 Å². The van der Waals surface area contributed by atoms with Gasteiger partial charge in [0, 0.05) is 4.75 Å². The Morgan fingerprint density at radius 2 is 2.27 bits per heavy atom. The Morgan fingerprint density at radius 1 is 1.67 bits per heavy atom. The summed E-state index contributed by atoms with van der Waals surface area (Å²) in [6.07, 6.45) is 0. The van der Waals surface area contributed by atoms with E-state index in [1.54, 1.807) is 4.90 Å². The van der Waals surface area contributed by atoms with Gasteiger partial charge in [0.15, 0.2) is 5.84 Å². The lowest BCUT2D eigenvalue weighted by Gasteiger charge is -2.44. The van der Waals surface area contributed by atoms with Gasteiger partial charge in [-0.05, 0) is 13.8 Å². The Morgan fingerprint density at radius 3 is 2.73 bits per heavy atom. The lowest BCUT2D eigenvalue weighted by molar-refractivity contribution is -0.143. The van der Waals surface area contributed by atoms with Crippen LogP contribution in [-0.4, -0.2) is 49.2 Å². The van der Waals surface area contributed by atoms with Crippen molar-refractivity contribution in [1.82, 2.24) is 4.90 Å². The summed E-state index contributed by atoms with van der Waals surface area (Å²) in [7, 11) is 0. The maximum Gasteiger partial charge on any atom is 0.327 e. The van der Waals surface area contributed by atoms with E-state index in [0.29, 0.717) is 0 Å². The van der Waals surface area contributed by atoms with Crippen molar-refractivity contribution in [2.45, 2.75) is 36.1 Å². The van der Waals surface area contributed by atoms with Crippen LogP contribution in [0.1, 0.15) is 13.8 Å². The van der Waals surface area contributed by atoms with Gasteiger partial charge in [0.2, 0.25) is 0 Å². The van der Waals surface area contributed by atoms with Gasteiger partial charge in [0.1, 0.15) is 11.4 Å². The van der Waals surface area contributed by atoms with Crippen molar-refractivity contribution in [3.63, 3.8) is 0 Å². The predicted octanol–water partition coefficient (Wildman–Crippen LogP) is -0.278. The summed E-state index contributed by atoms with van der Waals surface area (Å²) < 4.78 is -0.430. The fraction of sp³-hybridized carbons (Fsp3) is 0.750. The zero-order valence-electron chi connectivity index (χ0n) is 8.41. The fourth-order valence-corrected chi connectivity index (χ4v) is 3.75. The molecule has 0 aromatic heterocycles. The highest BCUT2D eigenvalue weighted by Crippen LogP contribution is 2.50. The third-order valence-corrected chi connectivity index (χ3v) is 4.43. The summed E-state index contributed by atoms with van der Waals surface area (Å²) >= 11 is 1.51. The van der Waals surface area contributed by atoms with Gasteiger partial charge in [-0.3, -0.25) is 0 Å². The summed E-state index contributed by atoms with van der Waals surface area (Å²) in [5, 5.41) is 20.8. The van der Waals surface area contributed by atoms with E-state index in [0.717, 1.165) is 0 Å². The van der Waals surface area contributed by atoms with E-state index >= 15 is 0 Å². The highest BCUT2D eigenvalue weighted by molar-refractivity contribution is 8.01. The average Bonchev–Trinajstić information content (AvgIpc) is 2.36. The van der Waals surface area contributed by atoms with Gasteiger partial charge in [0.25, 0.3) is 0 Å². The Labute approximate surface area is 91.1 Å². The Hall–Kier alpha value is -0.950. The second kappa shape index (κ2) is 3.02. The molecule has 0 aromatic rings. The molecule has 0 saturated carbocycles. The zero-order valence-corrected chi connectivity index (χ0v) is 9.23. The topological polar surface area (TPSA) is 99.2 Å². The highest BCUT2D eigenvalue weighted by Gasteiger charge is 2.61. The number of carbonyl (C=O) groups is 1. The number of amidine groups is 1. The molecule has 15 heavy (non-hydrogen) atoms. The Bertz CT molecular complexity index is 344. The van der Waals surface area contributed by atoms with Crippen molar-refractivity contribution in [2.75, 3.05) is 0 Å². The third-order valence-electron chi connectivity index (χ3n) is 2.84. The number of aliphatic carboxylic acids is 1. The molecular weight excluding hydrogens is 218 g/mol. The molecule has 0 bridgehead atoms. The summed E-state index contributed by atoms with van der Waals surface area (Å²) in [5.74, 6) is -0.645. The van der Waals surface area contributed by atoms with E-state index in [1.807, 2.05) is 13.8 Å². The first-order valence-corrected chi connectivity index (χ1v) is 5.44. The molecule has 0 aromatic carbocycles. The minimum Gasteiger partial charge on any atom is -0.480 e. The molecule has 2 fully saturated rings. The average molecular weight is 231 g/mol. The molecule has 6 nitrogen and oxygen atoms in total. The molecule has 0 radical (unpaired) electrons. The first-order chi connectivity index (χ1) is 6.90. The molecule has 84 valence electrons. The SMILES string of the molecule is CC1(C)S[C@@H]2[C@H](N)/C(=N\O)N2[C@H]1C(=O)O. The third kappa shape index (κ3) is 1.23. The summed E-state index contributed by atoms with van der Waals surface area (Å²) in [4.78, 5) is 12.7. The minimum absolute atomic E-state index is 0.0907. The van der Waals surface area contributed by atoms with E-state index in [9.17, 15) is 4.79 Å². The number of thioether (sulfide) groups is 1. The van der Waals surface area contributed by atoms with Gasteiger partial charge in [-0.2, -0.15) is 0 Å². The predicted molar refractivity (Wildman–Crippen MR) is 55.9 cm³/mol. The molecule has 2 aliphatic heterocycles. The monoisotopic (exact) mass is 231 g/mol. The van der Waals surface area contributed by atoms with Crippen LogP contribution in [0.2, 0.25) is 0 Å². The van der Waals surface area contributed by atoms with Crippen LogP contribution in [0.4, 0.5) is 0 Å². The van der Waals surface area contributed by atoms with Gasteiger partial charge in [-0.25, -0.2) is 4.79 Å². The van der Waals surface area contributed by atoms with Gasteiger partial charge < -0.3 is 20.9 Å². The number of hydrogen-bond acceptors (Lipinski definition) is 5. The van der Waals surface area contributed by atoms with Gasteiger partial charge in [-0.1, -0.05) is 5.16 Å². The molecule has 0 aliphatic carbocycles. The number of nitrogens with zero attached hydrogens (tertiary/aromatic N) is 2. The van der Waals surface area contributed by atoms with Crippen LogP contribution >= 0.6 is 11.8 Å². The maximum atomic E-state index is 11.1. The smallest absolute Gasteiger partial charge is 0.327 e. The van der Waals surface area contributed by atoms with E-state index < -0.39 is 16.8 Å². The summed E-state index contributed by atoms with van der Waals surface area (Å²) in [6, 6.07) is -1.05. The van der Waals surface area contributed by atoms with E-state index in [4.69, 9.17) is 16.0 Å². The molecule has 3 atom stereocenters. The van der Waals surface area contributed by atoms with Crippen molar-refractivity contribution < 1.29 is 15.1 Å². The molecule has 2 saturated heterocycles. The van der Waals surface area contributed by atoms with E-state index in [2.05, 4.69) is 5.16 Å². The second-order valence-electron chi connectivity index (χ2n) is 4.24. The summed E-state index contributed by atoms with van der Waals surface area (Å²) in [6.45, 7) is 3.72. The first kappa shape index (κ1) is 10.6. The molecule has 2 aliphatic rings. The lowest BCUT2D eigenvalue weighted by Crippen LogP contribution is -2.68. The standard InChI is InChI=1S/C8H13N3O3S/c1-8(2)4(7(12)13)11-5(10-14)3(9)6(11)15-8/h3-4,6,14H,9H2,1-2H3,(H,12,13)/b10-5+/t3-,4+,6-/m1/s1. The lowest BCUT2D eigenvalue weighted by atomic mass is 9.96. The zero-order chi connectivity index (χ0) is 11.4. The number of fused-ring (bicyclic) bond motifs is 1. The van der Waals surface area contributed by atoms with Crippen molar-refractivity contribution in [1.29, 1.82) is 0 Å². The number of nitrogens with two attached hydrogens (primary N) is 1. The number of oxime groups is 1. The van der Waals surface area contributed by atoms with Crippen LogP contribution < -0.4 is 5.73 Å². The Kier molecular flexibility index (Phi) is 2.13. The minimum atomic E-state index is -0.914. The summed E-state index contributed by atoms with van der Waals surface area (Å²) in [5.41, 5.74) is 5.76. The van der Waals surface area contributed by atoms with Crippen LogP contribution in [0.3, 0.4) is 0 Å². The Balaban J connectivity index is 2.34. The molecular formula is C8H13N3O3S. The van der Waals surface area contributed by atoms with Crippen LogP contribution in [0.15, 0.2) is 5.16 Å². The van der Waals surface area contributed by atoms with Gasteiger partial charge >= 0.3 is 5.97 Å². The maximum absolute atomic E-state index is 11.1. The molecule has 7 heteroatoms. The number of rotatable bonds is 1. The van der Waals surface area contributed by atoms with Crippen LogP contribution in [0, 0.1) is 0 Å². The van der Waals surface area contributed by atoms with Crippen molar-refractivity contribution >= 4 is 23.6 Å². The molecule has 0 unspecified atom stereocenters. The number of carboxylic acids is 1. The normalized spacial score (nSPS) is 40.1.